The SMILES string of the molecule is CCCCn1c(CNC(=O)c2ccc(OC)cc2)nnc1SCC(=O)N1CCc2ccccc21. The Balaban J connectivity index is 1.39. The number of hydrogen-bond acceptors (Lipinski definition) is 6. The Morgan fingerprint density at radius 1 is 1.12 bits per heavy atom. The van der Waals surface area contributed by atoms with E-state index in [4.69, 9.17) is 4.74 Å². The Morgan fingerprint density at radius 2 is 1.91 bits per heavy atom. The maximum atomic E-state index is 12.9. The first-order chi connectivity index (χ1) is 16.6. The van der Waals surface area contributed by atoms with E-state index in [1.54, 1.807) is 31.4 Å². The Bertz CT molecular complexity index is 1150. The molecule has 1 aliphatic rings. The van der Waals surface area contributed by atoms with Crippen molar-refractivity contribution >= 4 is 29.3 Å². The third-order valence-electron chi connectivity index (χ3n) is 5.80. The predicted molar refractivity (Wildman–Crippen MR) is 132 cm³/mol. The van der Waals surface area contributed by atoms with Gasteiger partial charge < -0.3 is 19.5 Å². The van der Waals surface area contributed by atoms with Gasteiger partial charge in [0.15, 0.2) is 11.0 Å². The van der Waals surface area contributed by atoms with Gasteiger partial charge in [-0.2, -0.15) is 0 Å². The highest BCUT2D eigenvalue weighted by molar-refractivity contribution is 7.99. The van der Waals surface area contributed by atoms with Crippen LogP contribution in [0.25, 0.3) is 0 Å². The topological polar surface area (TPSA) is 89.4 Å². The lowest BCUT2D eigenvalue weighted by molar-refractivity contribution is -0.116. The maximum absolute atomic E-state index is 12.9. The van der Waals surface area contributed by atoms with Gasteiger partial charge in [-0.05, 0) is 48.7 Å². The van der Waals surface area contributed by atoms with E-state index in [9.17, 15) is 9.59 Å². The van der Waals surface area contributed by atoms with Gasteiger partial charge in [-0.15, -0.1) is 10.2 Å². The zero-order valence-corrected chi connectivity index (χ0v) is 20.3. The first-order valence-electron chi connectivity index (χ1n) is 11.5. The number of methoxy groups -OCH3 is 1. The smallest absolute Gasteiger partial charge is 0.251 e. The number of aromatic nitrogens is 3. The van der Waals surface area contributed by atoms with Crippen molar-refractivity contribution in [3.8, 4) is 5.75 Å². The highest BCUT2D eigenvalue weighted by atomic mass is 32.2. The molecule has 0 spiro atoms. The third kappa shape index (κ3) is 5.41. The average Bonchev–Trinajstić information content (AvgIpc) is 3.48. The molecule has 1 N–H and O–H groups in total. The van der Waals surface area contributed by atoms with Crippen molar-refractivity contribution in [2.75, 3.05) is 24.3 Å². The fraction of sp³-hybridized carbons (Fsp3) is 0.360. The summed E-state index contributed by atoms with van der Waals surface area (Å²) in [7, 11) is 1.59. The van der Waals surface area contributed by atoms with Gasteiger partial charge in [-0.3, -0.25) is 9.59 Å². The van der Waals surface area contributed by atoms with Crippen LogP contribution in [0.5, 0.6) is 5.75 Å². The summed E-state index contributed by atoms with van der Waals surface area (Å²) in [5, 5.41) is 12.2. The van der Waals surface area contributed by atoms with E-state index in [1.807, 2.05) is 27.7 Å². The second-order valence-corrected chi connectivity index (χ2v) is 8.97. The predicted octanol–water partition coefficient (Wildman–Crippen LogP) is 3.70. The van der Waals surface area contributed by atoms with Crippen LogP contribution in [-0.2, 0) is 24.3 Å². The number of carbonyl (C=O) groups excluding carboxylic acids is 2. The van der Waals surface area contributed by atoms with E-state index in [0.717, 1.165) is 31.5 Å². The number of hydrogen-bond donors (Lipinski definition) is 1. The molecule has 2 aromatic carbocycles. The third-order valence-corrected chi connectivity index (χ3v) is 6.75. The summed E-state index contributed by atoms with van der Waals surface area (Å²) in [6, 6.07) is 15.0. The summed E-state index contributed by atoms with van der Waals surface area (Å²) < 4.78 is 7.15. The van der Waals surface area contributed by atoms with Crippen LogP contribution in [0.3, 0.4) is 0 Å². The van der Waals surface area contributed by atoms with Crippen LogP contribution in [0.1, 0.15) is 41.5 Å². The molecule has 0 bridgehead atoms. The van der Waals surface area contributed by atoms with Crippen molar-refractivity contribution in [3.05, 3.63) is 65.5 Å². The normalized spacial score (nSPS) is 12.5. The minimum absolute atomic E-state index is 0.0642. The highest BCUT2D eigenvalue weighted by Crippen LogP contribution is 2.29. The van der Waals surface area contributed by atoms with Crippen molar-refractivity contribution < 1.29 is 14.3 Å². The van der Waals surface area contributed by atoms with Crippen molar-refractivity contribution in [1.29, 1.82) is 0 Å². The van der Waals surface area contributed by atoms with Crippen LogP contribution in [0.15, 0.2) is 53.7 Å². The van der Waals surface area contributed by atoms with E-state index < -0.39 is 0 Å². The summed E-state index contributed by atoms with van der Waals surface area (Å²) in [5.74, 6) is 1.54. The number of nitrogens with zero attached hydrogens (tertiary/aromatic N) is 4. The highest BCUT2D eigenvalue weighted by Gasteiger charge is 2.25. The minimum atomic E-state index is -0.190. The summed E-state index contributed by atoms with van der Waals surface area (Å²) in [6.45, 7) is 3.83. The summed E-state index contributed by atoms with van der Waals surface area (Å²) in [5.41, 5.74) is 2.76. The van der Waals surface area contributed by atoms with Crippen molar-refractivity contribution in [2.45, 2.75) is 44.4 Å². The van der Waals surface area contributed by atoms with E-state index in [1.165, 1.54) is 17.3 Å². The Labute approximate surface area is 203 Å². The van der Waals surface area contributed by atoms with Crippen LogP contribution in [0.2, 0.25) is 0 Å². The molecular formula is C25H29N5O3S. The standard InChI is InChI=1S/C25H29N5O3S/c1-3-4-14-30-22(16-26-24(32)19-9-11-20(33-2)12-10-19)27-28-25(30)34-17-23(31)29-15-13-18-7-5-6-8-21(18)29/h5-12H,3-4,13-17H2,1-2H3,(H,26,32). The lowest BCUT2D eigenvalue weighted by Gasteiger charge is -2.17. The van der Waals surface area contributed by atoms with E-state index in [2.05, 4.69) is 28.5 Å². The van der Waals surface area contributed by atoms with E-state index >= 15 is 0 Å². The van der Waals surface area contributed by atoms with Gasteiger partial charge in [-0.1, -0.05) is 43.3 Å². The summed E-state index contributed by atoms with van der Waals surface area (Å²) in [6.07, 6.45) is 2.86. The number of unbranched alkanes of at least 4 members (excludes halogenated alkanes) is 1. The van der Waals surface area contributed by atoms with Gasteiger partial charge in [-0.25, -0.2) is 0 Å². The lowest BCUT2D eigenvalue weighted by Crippen LogP contribution is -2.30. The Kier molecular flexibility index (Phi) is 7.84. The molecule has 4 rings (SSSR count). The number of carbonyl (C=O) groups is 2. The number of rotatable bonds is 10. The van der Waals surface area contributed by atoms with E-state index in [-0.39, 0.29) is 24.1 Å². The van der Waals surface area contributed by atoms with Crippen LogP contribution >= 0.6 is 11.8 Å². The molecule has 1 aromatic heterocycles. The second kappa shape index (κ2) is 11.2. The number of para-hydroxylation sites is 1. The molecule has 0 fully saturated rings. The number of ether oxygens (including phenoxy) is 1. The fourth-order valence-electron chi connectivity index (χ4n) is 3.90. The van der Waals surface area contributed by atoms with Gasteiger partial charge in [0.2, 0.25) is 5.91 Å². The van der Waals surface area contributed by atoms with Crippen LogP contribution in [0, 0.1) is 0 Å². The molecule has 1 aliphatic heterocycles. The molecule has 0 unspecified atom stereocenters. The second-order valence-electron chi connectivity index (χ2n) is 8.03. The average molecular weight is 480 g/mol. The molecular weight excluding hydrogens is 450 g/mol. The molecule has 0 saturated carbocycles. The molecule has 0 aliphatic carbocycles. The number of nitrogens with one attached hydrogen (secondary N) is 1. The van der Waals surface area contributed by atoms with Crippen molar-refractivity contribution in [2.24, 2.45) is 0 Å². The molecule has 34 heavy (non-hydrogen) atoms. The molecule has 3 aromatic rings. The Morgan fingerprint density at radius 3 is 2.68 bits per heavy atom. The molecule has 178 valence electrons. The summed E-state index contributed by atoms with van der Waals surface area (Å²) in [4.78, 5) is 27.3. The van der Waals surface area contributed by atoms with Crippen molar-refractivity contribution in [3.63, 3.8) is 0 Å². The number of amides is 2. The number of benzene rings is 2. The number of thioether (sulfide) groups is 1. The van der Waals surface area contributed by atoms with Gasteiger partial charge in [0.1, 0.15) is 5.75 Å². The van der Waals surface area contributed by atoms with Gasteiger partial charge in [0.05, 0.1) is 19.4 Å². The molecule has 2 amide bonds. The molecule has 9 heteroatoms. The first kappa shape index (κ1) is 23.8. The number of fused-ring (bicyclic) bond motifs is 1. The largest absolute Gasteiger partial charge is 0.497 e. The van der Waals surface area contributed by atoms with E-state index in [0.29, 0.717) is 28.8 Å². The molecule has 2 heterocycles. The summed E-state index contributed by atoms with van der Waals surface area (Å²) >= 11 is 1.39. The van der Waals surface area contributed by atoms with Gasteiger partial charge in [0.25, 0.3) is 5.91 Å². The molecule has 0 saturated heterocycles. The fourth-order valence-corrected chi connectivity index (χ4v) is 4.76. The van der Waals surface area contributed by atoms with Gasteiger partial charge in [0, 0.05) is 24.3 Å². The quantitative estimate of drug-likeness (QED) is 0.446. The zero-order valence-electron chi connectivity index (χ0n) is 19.5. The van der Waals surface area contributed by atoms with Crippen LogP contribution in [-0.4, -0.2) is 46.0 Å². The zero-order chi connectivity index (χ0) is 23.9. The lowest BCUT2D eigenvalue weighted by atomic mass is 10.2. The maximum Gasteiger partial charge on any atom is 0.251 e. The van der Waals surface area contributed by atoms with Crippen molar-refractivity contribution in [1.82, 2.24) is 20.1 Å². The first-order valence-corrected chi connectivity index (χ1v) is 12.4. The Hall–Kier alpha value is -3.33. The molecule has 0 atom stereocenters. The van der Waals surface area contributed by atoms with Crippen LogP contribution < -0.4 is 15.0 Å². The number of anilines is 1. The van der Waals surface area contributed by atoms with Gasteiger partial charge >= 0.3 is 0 Å². The minimum Gasteiger partial charge on any atom is -0.497 e. The van der Waals surface area contributed by atoms with Crippen LogP contribution in [0.4, 0.5) is 5.69 Å². The molecule has 0 radical (unpaired) electrons. The molecule has 8 nitrogen and oxygen atoms in total. The monoisotopic (exact) mass is 479 g/mol.